The minimum Gasteiger partial charge on any atom is -0.0914 e. The van der Waals surface area contributed by atoms with Gasteiger partial charge in [-0.2, -0.15) is 0 Å². The van der Waals surface area contributed by atoms with E-state index in [4.69, 9.17) is 0 Å². The van der Waals surface area contributed by atoms with Crippen molar-refractivity contribution in [3.05, 3.63) is 24.3 Å². The summed E-state index contributed by atoms with van der Waals surface area (Å²) in [6.45, 7) is 4.41. The van der Waals surface area contributed by atoms with Gasteiger partial charge in [-0.05, 0) is 63.7 Å². The van der Waals surface area contributed by atoms with Gasteiger partial charge in [-0.3, -0.25) is 0 Å². The molecule has 0 heteroatoms. The molecule has 98 valence electrons. The zero-order chi connectivity index (χ0) is 12.3. The van der Waals surface area contributed by atoms with Crippen LogP contribution in [0.1, 0.15) is 71.6 Å². The molecule has 0 unspecified atom stereocenters. The van der Waals surface area contributed by atoms with Crippen molar-refractivity contribution in [3.63, 3.8) is 0 Å². The highest BCUT2D eigenvalue weighted by molar-refractivity contribution is 4.89. The molecule has 0 bridgehead atoms. The molecule has 0 aromatic rings. The van der Waals surface area contributed by atoms with Crippen LogP contribution in [-0.2, 0) is 0 Å². The molecule has 0 amide bonds. The van der Waals surface area contributed by atoms with Gasteiger partial charge < -0.3 is 0 Å². The molecule has 0 N–H and O–H groups in total. The predicted molar refractivity (Wildman–Crippen MR) is 78.2 cm³/mol. The van der Waals surface area contributed by atoms with Gasteiger partial charge in [0.05, 0.1) is 0 Å². The lowest BCUT2D eigenvalue weighted by molar-refractivity contribution is 0.297. The van der Waals surface area contributed by atoms with E-state index in [9.17, 15) is 0 Å². The molecule has 0 aromatic carbocycles. The molecule has 0 saturated heterocycles. The van der Waals surface area contributed by atoms with E-state index in [-0.39, 0.29) is 0 Å². The second-order valence-electron chi connectivity index (χ2n) is 5.50. The van der Waals surface area contributed by atoms with E-state index in [2.05, 4.69) is 38.2 Å². The Morgan fingerprint density at radius 1 is 1.00 bits per heavy atom. The third kappa shape index (κ3) is 6.71. The summed E-state index contributed by atoms with van der Waals surface area (Å²) in [4.78, 5) is 0. The van der Waals surface area contributed by atoms with E-state index in [1.165, 1.54) is 57.8 Å². The third-order valence-corrected chi connectivity index (χ3v) is 3.99. The predicted octanol–water partition coefficient (Wildman–Crippen LogP) is 5.90. The second kappa shape index (κ2) is 9.50. The van der Waals surface area contributed by atoms with Gasteiger partial charge in [-0.1, -0.05) is 44.1 Å². The van der Waals surface area contributed by atoms with Gasteiger partial charge in [-0.25, -0.2) is 0 Å². The molecule has 0 radical (unpaired) electrons. The molecule has 0 nitrogen and oxygen atoms in total. The summed E-state index contributed by atoms with van der Waals surface area (Å²) in [5.41, 5.74) is 0. The van der Waals surface area contributed by atoms with Crippen LogP contribution in [0, 0.1) is 11.8 Å². The Morgan fingerprint density at radius 3 is 2.35 bits per heavy atom. The van der Waals surface area contributed by atoms with Crippen LogP contribution < -0.4 is 0 Å². The normalized spacial score (nSPS) is 26.0. The van der Waals surface area contributed by atoms with E-state index in [0.29, 0.717) is 0 Å². The van der Waals surface area contributed by atoms with Gasteiger partial charge in [0.25, 0.3) is 0 Å². The highest BCUT2D eigenvalue weighted by Gasteiger charge is 2.18. The van der Waals surface area contributed by atoms with Crippen LogP contribution in [0.4, 0.5) is 0 Å². The van der Waals surface area contributed by atoms with E-state index in [1.807, 2.05) is 0 Å². The van der Waals surface area contributed by atoms with Crippen LogP contribution >= 0.6 is 0 Å². The molecule has 0 aliphatic heterocycles. The first-order valence-corrected chi connectivity index (χ1v) is 7.64. The smallest absolute Gasteiger partial charge is 0.0233 e. The fraction of sp³-hybridized carbons (Fsp3) is 0.765. The van der Waals surface area contributed by atoms with Crippen molar-refractivity contribution in [1.82, 2.24) is 0 Å². The van der Waals surface area contributed by atoms with Crippen LogP contribution in [-0.4, -0.2) is 0 Å². The van der Waals surface area contributed by atoms with E-state index >= 15 is 0 Å². The molecule has 1 saturated carbocycles. The summed E-state index contributed by atoms with van der Waals surface area (Å²) in [7, 11) is 0. The number of hydrogen-bond donors (Lipinski definition) is 0. The highest BCUT2D eigenvalue weighted by atomic mass is 14.2. The van der Waals surface area contributed by atoms with Crippen LogP contribution in [0.3, 0.4) is 0 Å². The first-order chi connectivity index (χ1) is 8.36. The Labute approximate surface area is 108 Å². The lowest BCUT2D eigenvalue weighted by atomic mass is 9.80. The molecule has 0 atom stereocenters. The molecule has 17 heavy (non-hydrogen) atoms. The van der Waals surface area contributed by atoms with Crippen molar-refractivity contribution in [2.75, 3.05) is 0 Å². The summed E-state index contributed by atoms with van der Waals surface area (Å²) < 4.78 is 0. The van der Waals surface area contributed by atoms with Crippen molar-refractivity contribution < 1.29 is 0 Å². The average molecular weight is 234 g/mol. The van der Waals surface area contributed by atoms with Crippen LogP contribution in [0.5, 0.6) is 0 Å². The monoisotopic (exact) mass is 234 g/mol. The summed E-state index contributed by atoms with van der Waals surface area (Å²) >= 11 is 0. The van der Waals surface area contributed by atoms with Crippen molar-refractivity contribution >= 4 is 0 Å². The van der Waals surface area contributed by atoms with Gasteiger partial charge in [-0.15, -0.1) is 0 Å². The first kappa shape index (κ1) is 14.5. The van der Waals surface area contributed by atoms with E-state index in [0.717, 1.165) is 11.8 Å². The maximum Gasteiger partial charge on any atom is -0.0233 e. The second-order valence-corrected chi connectivity index (χ2v) is 5.50. The number of allylic oxidation sites excluding steroid dienone is 4. The van der Waals surface area contributed by atoms with E-state index < -0.39 is 0 Å². The summed E-state index contributed by atoms with van der Waals surface area (Å²) in [6.07, 6.45) is 21.9. The van der Waals surface area contributed by atoms with Crippen molar-refractivity contribution in [2.24, 2.45) is 11.8 Å². The fourth-order valence-corrected chi connectivity index (χ4v) is 2.83. The molecule has 1 fully saturated rings. The van der Waals surface area contributed by atoms with Crippen molar-refractivity contribution in [1.29, 1.82) is 0 Å². The molecule has 1 rings (SSSR count). The Kier molecular flexibility index (Phi) is 8.13. The first-order valence-electron chi connectivity index (χ1n) is 7.64. The zero-order valence-electron chi connectivity index (χ0n) is 11.8. The van der Waals surface area contributed by atoms with Gasteiger partial charge >= 0.3 is 0 Å². The summed E-state index contributed by atoms with van der Waals surface area (Å²) in [5.74, 6) is 1.89. The summed E-state index contributed by atoms with van der Waals surface area (Å²) in [5, 5.41) is 0. The Morgan fingerprint density at radius 2 is 1.71 bits per heavy atom. The maximum atomic E-state index is 2.41. The zero-order valence-corrected chi connectivity index (χ0v) is 11.8. The van der Waals surface area contributed by atoms with E-state index in [1.54, 1.807) is 0 Å². The molecule has 0 aromatic heterocycles. The molecule has 1 aliphatic rings. The quantitative estimate of drug-likeness (QED) is 0.380. The van der Waals surface area contributed by atoms with Crippen molar-refractivity contribution in [2.45, 2.75) is 71.6 Å². The standard InChI is InChI=1S/C17H30/c1-3-5-6-7-8-9-11-17-14-12-16(10-4-2)13-15-17/h4,7-8,10,16-17H,3,5-6,9,11-15H2,1-2H3. The third-order valence-electron chi connectivity index (χ3n) is 3.99. The number of unbranched alkanes of at least 4 members (excludes halogenated alkanes) is 2. The Balaban J connectivity index is 2.04. The van der Waals surface area contributed by atoms with Crippen LogP contribution in [0.25, 0.3) is 0 Å². The molecular weight excluding hydrogens is 204 g/mol. The molecule has 0 spiro atoms. The molecule has 0 heterocycles. The topological polar surface area (TPSA) is 0 Å². The number of rotatable bonds is 7. The SMILES string of the molecule is CC=CC1CCC(CCC=CCCCC)CC1. The van der Waals surface area contributed by atoms with Gasteiger partial charge in [0, 0.05) is 0 Å². The molecule has 1 aliphatic carbocycles. The van der Waals surface area contributed by atoms with Crippen molar-refractivity contribution in [3.8, 4) is 0 Å². The van der Waals surface area contributed by atoms with Crippen LogP contribution in [0.2, 0.25) is 0 Å². The van der Waals surface area contributed by atoms with Gasteiger partial charge in [0.15, 0.2) is 0 Å². The van der Waals surface area contributed by atoms with Crippen LogP contribution in [0.15, 0.2) is 24.3 Å². The highest BCUT2D eigenvalue weighted by Crippen LogP contribution is 2.32. The fourth-order valence-electron chi connectivity index (χ4n) is 2.83. The van der Waals surface area contributed by atoms with Gasteiger partial charge in [0.1, 0.15) is 0 Å². The Hall–Kier alpha value is -0.520. The largest absolute Gasteiger partial charge is 0.0914 e. The number of hydrogen-bond acceptors (Lipinski definition) is 0. The molecular formula is C17H30. The lowest BCUT2D eigenvalue weighted by Crippen LogP contribution is -2.12. The lowest BCUT2D eigenvalue weighted by Gasteiger charge is -2.26. The summed E-state index contributed by atoms with van der Waals surface area (Å²) in [6, 6.07) is 0. The minimum absolute atomic E-state index is 0.886. The van der Waals surface area contributed by atoms with Gasteiger partial charge in [0.2, 0.25) is 0 Å². The maximum absolute atomic E-state index is 2.41. The minimum atomic E-state index is 0.886. The average Bonchev–Trinajstić information content (AvgIpc) is 2.36. The Bertz CT molecular complexity index is 216.